The fourth-order valence-corrected chi connectivity index (χ4v) is 1.67. The van der Waals surface area contributed by atoms with Crippen molar-refractivity contribution in [2.24, 2.45) is 0 Å². The molecule has 0 N–H and O–H groups in total. The van der Waals surface area contributed by atoms with Gasteiger partial charge in [-0.15, -0.1) is 0 Å². The number of pyridine rings is 1. The fourth-order valence-electron chi connectivity index (χ4n) is 1.67. The van der Waals surface area contributed by atoms with E-state index in [1.54, 1.807) is 7.11 Å². The van der Waals surface area contributed by atoms with Crippen molar-refractivity contribution in [2.45, 2.75) is 47.5 Å². The number of aromatic nitrogens is 1. The van der Waals surface area contributed by atoms with E-state index in [4.69, 9.17) is 4.74 Å². The SMILES string of the molecule is CC.COc1nc(C)cc(C)c1C(C)C. The van der Waals surface area contributed by atoms with Crippen LogP contribution in [0.5, 0.6) is 5.88 Å². The largest absolute Gasteiger partial charge is 0.481 e. The van der Waals surface area contributed by atoms with Crippen LogP contribution >= 0.6 is 0 Å². The van der Waals surface area contributed by atoms with Gasteiger partial charge in [-0.25, -0.2) is 4.98 Å². The Morgan fingerprint density at radius 1 is 1.20 bits per heavy atom. The average Bonchev–Trinajstić information content (AvgIpc) is 2.18. The molecule has 0 bridgehead atoms. The monoisotopic (exact) mass is 209 g/mol. The van der Waals surface area contributed by atoms with Gasteiger partial charge in [0.25, 0.3) is 0 Å². The lowest BCUT2D eigenvalue weighted by Gasteiger charge is -2.14. The Hall–Kier alpha value is -1.05. The van der Waals surface area contributed by atoms with Crippen LogP contribution in [0, 0.1) is 13.8 Å². The minimum absolute atomic E-state index is 0.461. The molecular weight excluding hydrogens is 186 g/mol. The number of rotatable bonds is 2. The van der Waals surface area contributed by atoms with Gasteiger partial charge in [0.05, 0.1) is 7.11 Å². The van der Waals surface area contributed by atoms with Gasteiger partial charge in [-0.05, 0) is 31.4 Å². The van der Waals surface area contributed by atoms with E-state index >= 15 is 0 Å². The zero-order chi connectivity index (χ0) is 12.0. The summed E-state index contributed by atoms with van der Waals surface area (Å²) in [5.74, 6) is 1.23. The highest BCUT2D eigenvalue weighted by Crippen LogP contribution is 2.27. The maximum atomic E-state index is 5.26. The summed E-state index contributed by atoms with van der Waals surface area (Å²) in [7, 11) is 1.67. The number of nitrogens with zero attached hydrogens (tertiary/aromatic N) is 1. The molecule has 0 fully saturated rings. The second-order valence-electron chi connectivity index (χ2n) is 3.66. The molecule has 0 aliphatic heterocycles. The molecule has 0 radical (unpaired) electrons. The Morgan fingerprint density at radius 2 is 1.73 bits per heavy atom. The molecule has 15 heavy (non-hydrogen) atoms. The van der Waals surface area contributed by atoms with Gasteiger partial charge in [-0.2, -0.15) is 0 Å². The van der Waals surface area contributed by atoms with E-state index in [2.05, 4.69) is 31.8 Å². The average molecular weight is 209 g/mol. The van der Waals surface area contributed by atoms with E-state index in [0.717, 1.165) is 11.6 Å². The molecule has 1 aromatic rings. The lowest BCUT2D eigenvalue weighted by atomic mass is 9.99. The number of hydrogen-bond donors (Lipinski definition) is 0. The van der Waals surface area contributed by atoms with Crippen molar-refractivity contribution in [3.63, 3.8) is 0 Å². The van der Waals surface area contributed by atoms with Gasteiger partial charge in [0.1, 0.15) is 0 Å². The second kappa shape index (κ2) is 6.44. The van der Waals surface area contributed by atoms with Gasteiger partial charge >= 0.3 is 0 Å². The topological polar surface area (TPSA) is 22.1 Å². The third-order valence-corrected chi connectivity index (χ3v) is 2.13. The summed E-state index contributed by atoms with van der Waals surface area (Å²) in [5.41, 5.74) is 3.49. The Morgan fingerprint density at radius 3 is 2.13 bits per heavy atom. The van der Waals surface area contributed by atoms with Crippen LogP contribution in [0.3, 0.4) is 0 Å². The molecule has 86 valence electrons. The van der Waals surface area contributed by atoms with Crippen molar-refractivity contribution in [1.82, 2.24) is 4.98 Å². The molecule has 0 spiro atoms. The van der Waals surface area contributed by atoms with E-state index in [1.807, 2.05) is 20.8 Å². The molecule has 0 saturated heterocycles. The summed E-state index contributed by atoms with van der Waals surface area (Å²) in [6, 6.07) is 2.10. The molecule has 2 nitrogen and oxygen atoms in total. The molecule has 1 aromatic heterocycles. The third kappa shape index (κ3) is 3.54. The van der Waals surface area contributed by atoms with E-state index in [1.165, 1.54) is 11.1 Å². The first kappa shape index (κ1) is 13.9. The van der Waals surface area contributed by atoms with Crippen LogP contribution in [-0.2, 0) is 0 Å². The van der Waals surface area contributed by atoms with Crippen molar-refractivity contribution in [3.8, 4) is 5.88 Å². The van der Waals surface area contributed by atoms with Gasteiger partial charge in [0, 0.05) is 11.3 Å². The van der Waals surface area contributed by atoms with Gasteiger partial charge in [0.2, 0.25) is 5.88 Å². The maximum Gasteiger partial charge on any atom is 0.216 e. The van der Waals surface area contributed by atoms with Crippen LogP contribution in [0.25, 0.3) is 0 Å². The highest BCUT2D eigenvalue weighted by molar-refractivity contribution is 5.38. The lowest BCUT2D eigenvalue weighted by Crippen LogP contribution is -2.01. The third-order valence-electron chi connectivity index (χ3n) is 2.13. The van der Waals surface area contributed by atoms with Crippen molar-refractivity contribution >= 4 is 0 Å². The van der Waals surface area contributed by atoms with Crippen molar-refractivity contribution < 1.29 is 4.74 Å². The van der Waals surface area contributed by atoms with Crippen LogP contribution in [-0.4, -0.2) is 12.1 Å². The molecule has 0 saturated carbocycles. The maximum absolute atomic E-state index is 5.26. The van der Waals surface area contributed by atoms with Gasteiger partial charge in [0.15, 0.2) is 0 Å². The predicted octanol–water partition coefficient (Wildman–Crippen LogP) is 3.86. The first-order valence-electron chi connectivity index (χ1n) is 5.58. The van der Waals surface area contributed by atoms with E-state index in [9.17, 15) is 0 Å². The van der Waals surface area contributed by atoms with Crippen molar-refractivity contribution in [1.29, 1.82) is 0 Å². The Kier molecular flexibility index (Phi) is 5.99. The summed E-state index contributed by atoms with van der Waals surface area (Å²) < 4.78 is 5.26. The molecular formula is C13H23NO. The van der Waals surface area contributed by atoms with Crippen molar-refractivity contribution in [3.05, 3.63) is 22.9 Å². The van der Waals surface area contributed by atoms with Crippen LogP contribution in [0.15, 0.2) is 6.07 Å². The Balaban J connectivity index is 0.000000921. The highest BCUT2D eigenvalue weighted by Gasteiger charge is 2.12. The smallest absolute Gasteiger partial charge is 0.216 e. The van der Waals surface area contributed by atoms with E-state index in [0.29, 0.717) is 5.92 Å². The number of aryl methyl sites for hydroxylation is 2. The minimum Gasteiger partial charge on any atom is -0.481 e. The molecule has 1 rings (SSSR count). The fraction of sp³-hybridized carbons (Fsp3) is 0.615. The standard InChI is InChI=1S/C11H17NO.C2H6/c1-7(2)10-8(3)6-9(4)12-11(10)13-5;1-2/h6-7H,1-5H3;1-2H3. The summed E-state index contributed by atoms with van der Waals surface area (Å²) in [6.07, 6.45) is 0. The Bertz CT molecular complexity index is 306. The quantitative estimate of drug-likeness (QED) is 0.738. The van der Waals surface area contributed by atoms with Crippen LogP contribution in [0.1, 0.15) is 50.4 Å². The first-order chi connectivity index (χ1) is 7.06. The zero-order valence-corrected chi connectivity index (χ0v) is 11.0. The van der Waals surface area contributed by atoms with Crippen molar-refractivity contribution in [2.75, 3.05) is 7.11 Å². The summed E-state index contributed by atoms with van der Waals surface area (Å²) in [6.45, 7) is 12.4. The molecule has 2 heteroatoms. The van der Waals surface area contributed by atoms with E-state index in [-0.39, 0.29) is 0 Å². The molecule has 0 amide bonds. The highest BCUT2D eigenvalue weighted by atomic mass is 16.5. The number of ether oxygens (including phenoxy) is 1. The first-order valence-corrected chi connectivity index (χ1v) is 5.58. The van der Waals surface area contributed by atoms with Gasteiger partial charge in [-0.3, -0.25) is 0 Å². The molecule has 0 aromatic carbocycles. The van der Waals surface area contributed by atoms with Gasteiger partial charge < -0.3 is 4.74 Å². The van der Waals surface area contributed by atoms with Gasteiger partial charge in [-0.1, -0.05) is 27.7 Å². The lowest BCUT2D eigenvalue weighted by molar-refractivity contribution is 0.388. The molecule has 1 heterocycles. The number of hydrogen-bond acceptors (Lipinski definition) is 2. The molecule has 0 aliphatic rings. The summed E-state index contributed by atoms with van der Waals surface area (Å²) >= 11 is 0. The molecule has 0 atom stereocenters. The number of methoxy groups -OCH3 is 1. The van der Waals surface area contributed by atoms with Crippen LogP contribution in [0.2, 0.25) is 0 Å². The Labute approximate surface area is 93.7 Å². The van der Waals surface area contributed by atoms with E-state index < -0.39 is 0 Å². The summed E-state index contributed by atoms with van der Waals surface area (Å²) in [5, 5.41) is 0. The summed E-state index contributed by atoms with van der Waals surface area (Å²) in [4.78, 5) is 4.35. The zero-order valence-electron chi connectivity index (χ0n) is 11.0. The van der Waals surface area contributed by atoms with Crippen LogP contribution < -0.4 is 4.74 Å². The minimum atomic E-state index is 0.461. The molecule has 0 aliphatic carbocycles. The predicted molar refractivity (Wildman–Crippen MR) is 65.7 cm³/mol. The molecule has 0 unspecified atom stereocenters. The van der Waals surface area contributed by atoms with Crippen LogP contribution in [0.4, 0.5) is 0 Å². The normalized spacial score (nSPS) is 9.60. The second-order valence-corrected chi connectivity index (χ2v) is 3.66.